The van der Waals surface area contributed by atoms with Crippen molar-refractivity contribution < 1.29 is 0 Å². The summed E-state index contributed by atoms with van der Waals surface area (Å²) in [5, 5.41) is 9.01. The van der Waals surface area contributed by atoms with Gasteiger partial charge in [0, 0.05) is 42.3 Å². The van der Waals surface area contributed by atoms with Crippen molar-refractivity contribution in [3.05, 3.63) is 87.0 Å². The summed E-state index contributed by atoms with van der Waals surface area (Å²) >= 11 is 10.1. The van der Waals surface area contributed by atoms with E-state index in [-0.39, 0.29) is 0 Å². The highest BCUT2D eigenvalue weighted by Crippen LogP contribution is 2.32. The third-order valence-electron chi connectivity index (χ3n) is 7.33. The van der Waals surface area contributed by atoms with Crippen LogP contribution in [0.15, 0.2) is 65.3 Å². The highest BCUT2D eigenvalue weighted by atomic mass is 79.9. The maximum Gasteiger partial charge on any atom is 0.172 e. The Morgan fingerprint density at radius 3 is 2.78 bits per heavy atom. The number of fused-ring (bicyclic) bond motifs is 2. The number of likely N-dealkylation sites (tertiary alicyclic amines) is 1. The minimum Gasteiger partial charge on any atom is -0.367 e. The molecule has 4 aromatic rings. The Balaban J connectivity index is 1.18. The zero-order valence-electron chi connectivity index (χ0n) is 20.3. The second-order valence-electron chi connectivity index (χ2n) is 9.96. The Morgan fingerprint density at radius 1 is 1.11 bits per heavy atom. The van der Waals surface area contributed by atoms with Gasteiger partial charge < -0.3 is 5.32 Å². The van der Waals surface area contributed by atoms with Crippen LogP contribution in [0.1, 0.15) is 36.5 Å². The molecule has 1 aliphatic heterocycles. The summed E-state index contributed by atoms with van der Waals surface area (Å²) in [6.07, 6.45) is 9.78. The molecule has 36 heavy (non-hydrogen) atoms. The summed E-state index contributed by atoms with van der Waals surface area (Å²) in [6, 6.07) is 17.1. The number of hydrogen-bond acceptors (Lipinski definition) is 4. The Morgan fingerprint density at radius 2 is 1.94 bits per heavy atom. The van der Waals surface area contributed by atoms with E-state index in [1.54, 1.807) is 6.20 Å². The van der Waals surface area contributed by atoms with E-state index in [0.29, 0.717) is 17.0 Å². The first-order chi connectivity index (χ1) is 17.5. The zero-order chi connectivity index (χ0) is 24.6. The van der Waals surface area contributed by atoms with Crippen LogP contribution in [0.2, 0.25) is 5.02 Å². The largest absolute Gasteiger partial charge is 0.367 e. The molecule has 1 aliphatic carbocycles. The van der Waals surface area contributed by atoms with Gasteiger partial charge in [-0.3, -0.25) is 4.90 Å². The predicted octanol–water partition coefficient (Wildman–Crippen LogP) is 7.09. The van der Waals surface area contributed by atoms with Crippen LogP contribution >= 0.6 is 27.5 Å². The van der Waals surface area contributed by atoms with E-state index in [1.807, 2.05) is 28.8 Å². The number of halogens is 2. The fourth-order valence-corrected chi connectivity index (χ4v) is 5.98. The van der Waals surface area contributed by atoms with E-state index in [1.165, 1.54) is 16.7 Å². The standard InChI is InChI=1S/C29H29BrClN5/c1-19-9-10-23-20(15-19)5-4-6-21(23)18-35-13-11-22(12-14-35)33-28-16-27(24-7-2-3-8-26(24)31)34-29-25(30)17-32-36(28)29/h2-10,16-17,19,22,33H,11-15,18H2,1H3. The van der Waals surface area contributed by atoms with Gasteiger partial charge in [-0.2, -0.15) is 9.61 Å². The lowest BCUT2D eigenvalue weighted by Gasteiger charge is -2.33. The number of anilines is 1. The number of allylic oxidation sites excluding steroid dienone is 1. The first kappa shape index (κ1) is 23.7. The molecule has 2 aromatic carbocycles. The highest BCUT2D eigenvalue weighted by molar-refractivity contribution is 9.10. The Labute approximate surface area is 225 Å². The van der Waals surface area contributed by atoms with E-state index < -0.39 is 0 Å². The average molecular weight is 563 g/mol. The molecule has 0 bridgehead atoms. The van der Waals surface area contributed by atoms with Crippen molar-refractivity contribution >= 4 is 45.1 Å². The molecule has 1 saturated heterocycles. The van der Waals surface area contributed by atoms with Crippen LogP contribution in [-0.4, -0.2) is 38.6 Å². The molecule has 1 fully saturated rings. The van der Waals surface area contributed by atoms with Crippen LogP contribution in [0.3, 0.4) is 0 Å². The summed E-state index contributed by atoms with van der Waals surface area (Å²) in [5.74, 6) is 1.57. The maximum atomic E-state index is 6.50. The second kappa shape index (κ2) is 10.0. The molecule has 3 heterocycles. The normalized spacial score (nSPS) is 18.5. The SMILES string of the molecule is CC1C=Cc2c(cccc2CN2CCC(Nc3cc(-c4ccccc4Cl)nc4c(Br)cnn34)CC2)C1. The number of piperidine rings is 1. The van der Waals surface area contributed by atoms with Crippen LogP contribution < -0.4 is 5.32 Å². The van der Waals surface area contributed by atoms with E-state index in [4.69, 9.17) is 16.6 Å². The van der Waals surface area contributed by atoms with Gasteiger partial charge >= 0.3 is 0 Å². The molecule has 0 spiro atoms. The summed E-state index contributed by atoms with van der Waals surface area (Å²) in [6.45, 7) is 5.43. The first-order valence-electron chi connectivity index (χ1n) is 12.6. The van der Waals surface area contributed by atoms with Crippen LogP contribution in [0.4, 0.5) is 5.82 Å². The molecule has 0 radical (unpaired) electrons. The Bertz CT molecular complexity index is 1440. The van der Waals surface area contributed by atoms with Gasteiger partial charge in [-0.1, -0.05) is 67.1 Å². The predicted molar refractivity (Wildman–Crippen MR) is 151 cm³/mol. The molecule has 1 unspecified atom stereocenters. The summed E-state index contributed by atoms with van der Waals surface area (Å²) in [7, 11) is 0. The van der Waals surface area contributed by atoms with Crippen molar-refractivity contribution in [1.82, 2.24) is 19.5 Å². The van der Waals surface area contributed by atoms with Crippen LogP contribution in [0, 0.1) is 5.92 Å². The van der Waals surface area contributed by atoms with E-state index in [2.05, 4.69) is 74.6 Å². The number of rotatable bonds is 5. The zero-order valence-corrected chi connectivity index (χ0v) is 22.6. The number of aromatic nitrogens is 3. The summed E-state index contributed by atoms with van der Waals surface area (Å²) in [4.78, 5) is 7.42. The molecule has 2 aliphatic rings. The maximum absolute atomic E-state index is 6.50. The average Bonchev–Trinajstić information content (AvgIpc) is 3.26. The third kappa shape index (κ3) is 4.70. The van der Waals surface area contributed by atoms with Crippen LogP contribution in [0.5, 0.6) is 0 Å². The molecule has 2 aromatic heterocycles. The molecule has 5 nitrogen and oxygen atoms in total. The lowest BCUT2D eigenvalue weighted by Crippen LogP contribution is -2.39. The van der Waals surface area contributed by atoms with E-state index >= 15 is 0 Å². The molecule has 6 rings (SSSR count). The van der Waals surface area contributed by atoms with Gasteiger partial charge in [-0.05, 0) is 63.9 Å². The fraction of sp³-hybridized carbons (Fsp3) is 0.310. The van der Waals surface area contributed by atoms with Crippen molar-refractivity contribution in [2.75, 3.05) is 18.4 Å². The number of benzene rings is 2. The first-order valence-corrected chi connectivity index (χ1v) is 13.8. The lowest BCUT2D eigenvalue weighted by atomic mass is 9.88. The number of nitrogens with zero attached hydrogens (tertiary/aromatic N) is 4. The molecular weight excluding hydrogens is 534 g/mol. The van der Waals surface area contributed by atoms with Gasteiger partial charge in [0.2, 0.25) is 0 Å². The molecule has 184 valence electrons. The summed E-state index contributed by atoms with van der Waals surface area (Å²) in [5.41, 5.74) is 6.91. The van der Waals surface area contributed by atoms with Crippen LogP contribution in [-0.2, 0) is 13.0 Å². The topological polar surface area (TPSA) is 45.5 Å². The van der Waals surface area contributed by atoms with Gasteiger partial charge in [-0.25, -0.2) is 4.98 Å². The van der Waals surface area contributed by atoms with Crippen LogP contribution in [0.25, 0.3) is 23.0 Å². The fourth-order valence-electron chi connectivity index (χ4n) is 5.40. The van der Waals surface area contributed by atoms with Gasteiger partial charge in [0.05, 0.1) is 16.4 Å². The van der Waals surface area contributed by atoms with Crippen molar-refractivity contribution in [2.45, 2.75) is 38.8 Å². The molecule has 7 heteroatoms. The number of hydrogen-bond donors (Lipinski definition) is 1. The Kier molecular flexibility index (Phi) is 6.59. The van der Waals surface area contributed by atoms with Crippen molar-refractivity contribution in [2.24, 2.45) is 5.92 Å². The minimum atomic E-state index is 0.374. The summed E-state index contributed by atoms with van der Waals surface area (Å²) < 4.78 is 2.74. The molecule has 1 N–H and O–H groups in total. The molecule has 1 atom stereocenters. The van der Waals surface area contributed by atoms with Crippen molar-refractivity contribution in [3.8, 4) is 11.3 Å². The quantitative estimate of drug-likeness (QED) is 0.282. The van der Waals surface area contributed by atoms with Gasteiger partial charge in [0.1, 0.15) is 5.82 Å². The van der Waals surface area contributed by atoms with E-state index in [0.717, 1.165) is 66.1 Å². The van der Waals surface area contributed by atoms with Crippen molar-refractivity contribution in [3.63, 3.8) is 0 Å². The molecular formula is C29H29BrClN5. The smallest absolute Gasteiger partial charge is 0.172 e. The number of nitrogens with one attached hydrogen (secondary N) is 1. The van der Waals surface area contributed by atoms with Gasteiger partial charge in [-0.15, -0.1) is 0 Å². The third-order valence-corrected chi connectivity index (χ3v) is 8.22. The van der Waals surface area contributed by atoms with Crippen molar-refractivity contribution in [1.29, 1.82) is 0 Å². The Hall–Kier alpha value is -2.67. The highest BCUT2D eigenvalue weighted by Gasteiger charge is 2.23. The van der Waals surface area contributed by atoms with Gasteiger partial charge in [0.15, 0.2) is 5.65 Å². The van der Waals surface area contributed by atoms with E-state index in [9.17, 15) is 0 Å². The monoisotopic (exact) mass is 561 g/mol. The lowest BCUT2D eigenvalue weighted by molar-refractivity contribution is 0.211. The van der Waals surface area contributed by atoms with Gasteiger partial charge in [0.25, 0.3) is 0 Å². The second-order valence-corrected chi connectivity index (χ2v) is 11.2. The molecule has 0 saturated carbocycles. The molecule has 0 amide bonds. The minimum absolute atomic E-state index is 0.374.